The molecule has 0 radical (unpaired) electrons. The van der Waals surface area contributed by atoms with Crippen LogP contribution in [-0.2, 0) is 11.5 Å². The number of imidazole rings is 1. The fourth-order valence-corrected chi connectivity index (χ4v) is 4.02. The molecule has 4 aromatic rings. The zero-order valence-corrected chi connectivity index (χ0v) is 18.8. The molecular formula is C22H27N5O2Si. The van der Waals surface area contributed by atoms with Gasteiger partial charge in [-0.25, -0.2) is 4.98 Å². The average molecular weight is 422 g/mol. The van der Waals surface area contributed by atoms with Crippen LogP contribution in [0.15, 0.2) is 47.1 Å². The van der Waals surface area contributed by atoms with Gasteiger partial charge in [-0.3, -0.25) is 4.98 Å². The maximum absolute atomic E-state index is 6.00. The van der Waals surface area contributed by atoms with Crippen LogP contribution < -0.4 is 5.73 Å². The number of hydrogen-bond donors (Lipinski definition) is 1. The van der Waals surface area contributed by atoms with E-state index in [0.717, 1.165) is 46.5 Å². The first-order valence-electron chi connectivity index (χ1n) is 10.0. The van der Waals surface area contributed by atoms with Gasteiger partial charge in [0, 0.05) is 25.9 Å². The molecule has 3 aromatic heterocycles. The number of rotatable bonds is 7. The second-order valence-corrected chi connectivity index (χ2v) is 14.3. The fraction of sp³-hybridized carbons (Fsp3) is 0.318. The Balaban J connectivity index is 1.71. The highest BCUT2D eigenvalue weighted by molar-refractivity contribution is 6.76. The summed E-state index contributed by atoms with van der Waals surface area (Å²) >= 11 is 0. The lowest BCUT2D eigenvalue weighted by molar-refractivity contribution is 0.0881. The van der Waals surface area contributed by atoms with Crippen LogP contribution in [0.25, 0.3) is 33.7 Å². The quantitative estimate of drug-likeness (QED) is 0.335. The number of anilines is 1. The third kappa shape index (κ3) is 4.44. The molecule has 0 spiro atoms. The Labute approximate surface area is 176 Å². The molecule has 0 aliphatic heterocycles. The molecule has 0 unspecified atom stereocenters. The molecular weight excluding hydrogens is 394 g/mol. The van der Waals surface area contributed by atoms with Gasteiger partial charge >= 0.3 is 0 Å². The Morgan fingerprint density at radius 1 is 1.13 bits per heavy atom. The third-order valence-corrected chi connectivity index (χ3v) is 6.58. The van der Waals surface area contributed by atoms with Crippen molar-refractivity contribution in [3.63, 3.8) is 0 Å². The number of hydrogen-bond acceptors (Lipinski definition) is 6. The second-order valence-electron chi connectivity index (χ2n) is 8.66. The van der Waals surface area contributed by atoms with Gasteiger partial charge in [0.2, 0.25) is 0 Å². The minimum Gasteiger partial charge on any atom is -0.424 e. The third-order valence-electron chi connectivity index (χ3n) is 4.87. The van der Waals surface area contributed by atoms with Crippen molar-refractivity contribution in [2.45, 2.75) is 39.3 Å². The minimum atomic E-state index is -1.14. The summed E-state index contributed by atoms with van der Waals surface area (Å²) in [6.07, 6.45) is 1.81. The van der Waals surface area contributed by atoms with E-state index >= 15 is 0 Å². The number of oxazole rings is 1. The molecule has 0 saturated carbocycles. The summed E-state index contributed by atoms with van der Waals surface area (Å²) in [7, 11) is -1.14. The molecule has 7 nitrogen and oxygen atoms in total. The largest absolute Gasteiger partial charge is 0.424 e. The molecule has 0 bridgehead atoms. The highest BCUT2D eigenvalue weighted by Gasteiger charge is 2.18. The number of nitrogens with zero attached hydrogens (tertiary/aromatic N) is 4. The maximum atomic E-state index is 6.00. The molecule has 0 atom stereocenters. The van der Waals surface area contributed by atoms with Crippen LogP contribution in [-0.4, -0.2) is 34.2 Å². The summed E-state index contributed by atoms with van der Waals surface area (Å²) in [5.41, 5.74) is 11.5. The Hall–Kier alpha value is -2.97. The maximum Gasteiger partial charge on any atom is 0.292 e. The number of aromatic nitrogens is 4. The molecule has 0 amide bonds. The van der Waals surface area contributed by atoms with Gasteiger partial charge < -0.3 is 19.5 Å². The van der Waals surface area contributed by atoms with Crippen molar-refractivity contribution >= 4 is 25.2 Å². The standard InChI is InChI=1S/C22H27N5O2Si/c1-15-6-5-7-18(25-15)21-20(16-8-9-17-19(12-16)29-22(23)26-17)24-13-27(21)14-28-10-11-30(2,3)4/h5-9,12-13H,10-11,14H2,1-4H3,(H2,23,26). The molecule has 156 valence electrons. The van der Waals surface area contributed by atoms with Crippen molar-refractivity contribution in [1.82, 2.24) is 19.5 Å². The lowest BCUT2D eigenvalue weighted by atomic mass is 10.1. The lowest BCUT2D eigenvalue weighted by Gasteiger charge is -2.16. The van der Waals surface area contributed by atoms with E-state index in [-0.39, 0.29) is 6.01 Å². The molecule has 30 heavy (non-hydrogen) atoms. The Kier molecular flexibility index (Phi) is 5.44. The van der Waals surface area contributed by atoms with Crippen molar-refractivity contribution in [1.29, 1.82) is 0 Å². The number of ether oxygens (including phenoxy) is 1. The summed E-state index contributed by atoms with van der Waals surface area (Å²) in [6.45, 7) is 10.2. The predicted molar refractivity (Wildman–Crippen MR) is 122 cm³/mol. The molecule has 0 aliphatic carbocycles. The number of nitrogen functional groups attached to an aromatic ring is 1. The summed E-state index contributed by atoms with van der Waals surface area (Å²) in [4.78, 5) is 13.6. The first-order valence-corrected chi connectivity index (χ1v) is 13.7. The van der Waals surface area contributed by atoms with E-state index in [4.69, 9.17) is 24.9 Å². The minimum absolute atomic E-state index is 0.157. The van der Waals surface area contributed by atoms with Gasteiger partial charge in [-0.2, -0.15) is 4.98 Å². The van der Waals surface area contributed by atoms with Crippen molar-refractivity contribution in [3.05, 3.63) is 48.4 Å². The zero-order chi connectivity index (χ0) is 21.3. The van der Waals surface area contributed by atoms with E-state index in [1.807, 2.05) is 54.2 Å². The van der Waals surface area contributed by atoms with Crippen molar-refractivity contribution in [2.24, 2.45) is 0 Å². The van der Waals surface area contributed by atoms with Crippen LogP contribution in [0.2, 0.25) is 25.7 Å². The van der Waals surface area contributed by atoms with Gasteiger partial charge in [0.15, 0.2) is 5.58 Å². The van der Waals surface area contributed by atoms with Gasteiger partial charge in [-0.1, -0.05) is 31.8 Å². The number of fused-ring (bicyclic) bond motifs is 1. The van der Waals surface area contributed by atoms with Crippen LogP contribution in [0, 0.1) is 6.92 Å². The van der Waals surface area contributed by atoms with E-state index in [9.17, 15) is 0 Å². The number of benzene rings is 1. The van der Waals surface area contributed by atoms with Gasteiger partial charge in [0.25, 0.3) is 6.01 Å². The molecule has 2 N–H and O–H groups in total. The van der Waals surface area contributed by atoms with Gasteiger partial charge in [0.05, 0.1) is 23.4 Å². The van der Waals surface area contributed by atoms with Crippen LogP contribution in [0.3, 0.4) is 0 Å². The SMILES string of the molecule is Cc1cccc(-c2c(-c3ccc4nc(N)oc4c3)ncn2COCC[Si](C)(C)C)n1. The highest BCUT2D eigenvalue weighted by Crippen LogP contribution is 2.32. The zero-order valence-electron chi connectivity index (χ0n) is 17.8. The molecule has 1 aromatic carbocycles. The van der Waals surface area contributed by atoms with E-state index in [0.29, 0.717) is 12.3 Å². The first-order chi connectivity index (χ1) is 14.3. The fourth-order valence-electron chi connectivity index (χ4n) is 3.27. The highest BCUT2D eigenvalue weighted by atomic mass is 28.3. The van der Waals surface area contributed by atoms with Gasteiger partial charge in [0.1, 0.15) is 12.2 Å². The molecule has 0 fully saturated rings. The van der Waals surface area contributed by atoms with E-state index < -0.39 is 8.07 Å². The number of pyridine rings is 1. The van der Waals surface area contributed by atoms with Gasteiger partial charge in [-0.15, -0.1) is 0 Å². The summed E-state index contributed by atoms with van der Waals surface area (Å²) in [5.74, 6) is 0. The molecule has 4 rings (SSSR count). The van der Waals surface area contributed by atoms with Crippen LogP contribution in [0.4, 0.5) is 6.01 Å². The van der Waals surface area contributed by atoms with Crippen LogP contribution >= 0.6 is 0 Å². The first kappa shape index (κ1) is 20.3. The van der Waals surface area contributed by atoms with Crippen molar-refractivity contribution in [2.75, 3.05) is 12.3 Å². The Morgan fingerprint density at radius 2 is 1.97 bits per heavy atom. The number of aryl methyl sites for hydroxylation is 1. The lowest BCUT2D eigenvalue weighted by Crippen LogP contribution is -2.22. The van der Waals surface area contributed by atoms with Gasteiger partial charge in [-0.05, 0) is 37.2 Å². The molecule has 0 saturated heterocycles. The topological polar surface area (TPSA) is 92.0 Å². The van der Waals surface area contributed by atoms with Crippen LogP contribution in [0.1, 0.15) is 5.69 Å². The van der Waals surface area contributed by atoms with Crippen molar-refractivity contribution < 1.29 is 9.15 Å². The smallest absolute Gasteiger partial charge is 0.292 e. The summed E-state index contributed by atoms with van der Waals surface area (Å²) in [6, 6.07) is 13.0. The second kappa shape index (κ2) is 8.04. The van der Waals surface area contributed by atoms with E-state index in [2.05, 4.69) is 24.6 Å². The van der Waals surface area contributed by atoms with Crippen LogP contribution in [0.5, 0.6) is 0 Å². The molecule has 8 heteroatoms. The molecule has 0 aliphatic rings. The normalized spacial score (nSPS) is 12.0. The predicted octanol–water partition coefficient (Wildman–Crippen LogP) is 4.96. The average Bonchev–Trinajstić information content (AvgIpc) is 3.26. The van der Waals surface area contributed by atoms with E-state index in [1.54, 1.807) is 0 Å². The summed E-state index contributed by atoms with van der Waals surface area (Å²) < 4.78 is 13.5. The van der Waals surface area contributed by atoms with Crippen molar-refractivity contribution in [3.8, 4) is 22.6 Å². The molecule has 3 heterocycles. The Morgan fingerprint density at radius 3 is 2.73 bits per heavy atom. The van der Waals surface area contributed by atoms with E-state index in [1.165, 1.54) is 0 Å². The summed E-state index contributed by atoms with van der Waals surface area (Å²) in [5, 5.41) is 0. The number of nitrogens with two attached hydrogens (primary N) is 1. The monoisotopic (exact) mass is 421 g/mol. The Bertz CT molecular complexity index is 1180.